The molecule has 0 saturated heterocycles. The molecule has 0 saturated carbocycles. The van der Waals surface area contributed by atoms with Gasteiger partial charge < -0.3 is 19.7 Å². The molecule has 0 spiro atoms. The number of nitrogens with one attached hydrogen (secondary N) is 1. The van der Waals surface area contributed by atoms with Crippen molar-refractivity contribution in [1.82, 2.24) is 14.7 Å². The molecule has 0 radical (unpaired) electrons. The molecule has 8 heteroatoms. The molecule has 2 aromatic carbocycles. The van der Waals surface area contributed by atoms with Crippen molar-refractivity contribution in [3.63, 3.8) is 0 Å². The van der Waals surface area contributed by atoms with Gasteiger partial charge in [0.05, 0.1) is 31.5 Å². The summed E-state index contributed by atoms with van der Waals surface area (Å²) in [6, 6.07) is 15.5. The van der Waals surface area contributed by atoms with E-state index in [1.165, 1.54) is 16.4 Å². The number of aryl methyl sites for hydroxylation is 2. The van der Waals surface area contributed by atoms with E-state index < -0.39 is 0 Å². The number of ether oxygens (including phenoxy) is 2. The van der Waals surface area contributed by atoms with E-state index in [-0.39, 0.29) is 31.4 Å². The van der Waals surface area contributed by atoms with Crippen LogP contribution < -0.4 is 14.8 Å². The molecule has 0 unspecified atom stereocenters. The van der Waals surface area contributed by atoms with Crippen LogP contribution in [0.1, 0.15) is 17.5 Å². The van der Waals surface area contributed by atoms with Crippen molar-refractivity contribution in [2.24, 2.45) is 0 Å². The van der Waals surface area contributed by atoms with Gasteiger partial charge in [-0.05, 0) is 43.7 Å². The number of carbonyl (C=O) groups excluding carboxylic acids is 2. The molecule has 0 atom stereocenters. The molecule has 1 N–H and O–H groups in total. The monoisotopic (exact) mass is 450 g/mol. The summed E-state index contributed by atoms with van der Waals surface area (Å²) < 4.78 is 12.8. The Labute approximate surface area is 194 Å². The summed E-state index contributed by atoms with van der Waals surface area (Å²) in [7, 11) is 1.72. The summed E-state index contributed by atoms with van der Waals surface area (Å²) in [5.74, 6) is 1.23. The van der Waals surface area contributed by atoms with Crippen LogP contribution >= 0.6 is 0 Å². The number of anilines is 1. The van der Waals surface area contributed by atoms with Gasteiger partial charge in [0.2, 0.25) is 11.8 Å². The third-order valence-electron chi connectivity index (χ3n) is 4.94. The van der Waals surface area contributed by atoms with Crippen LogP contribution in [-0.2, 0) is 16.1 Å². The van der Waals surface area contributed by atoms with E-state index in [0.717, 1.165) is 17.1 Å². The minimum atomic E-state index is -0.182. The molecule has 0 fully saturated rings. The summed E-state index contributed by atoms with van der Waals surface area (Å²) in [6.45, 7) is 5.21. The molecule has 1 heterocycles. The lowest BCUT2D eigenvalue weighted by Crippen LogP contribution is -2.33. The van der Waals surface area contributed by atoms with Crippen molar-refractivity contribution in [3.05, 3.63) is 72.1 Å². The number of aromatic nitrogens is 2. The Morgan fingerprint density at radius 1 is 1.00 bits per heavy atom. The number of amides is 2. The van der Waals surface area contributed by atoms with E-state index in [0.29, 0.717) is 18.8 Å². The maximum Gasteiger partial charge on any atom is 0.244 e. The highest BCUT2D eigenvalue weighted by atomic mass is 16.5. The van der Waals surface area contributed by atoms with Gasteiger partial charge in [0.1, 0.15) is 24.7 Å². The fourth-order valence-corrected chi connectivity index (χ4v) is 3.02. The van der Waals surface area contributed by atoms with Crippen LogP contribution in [0.4, 0.5) is 5.69 Å². The number of hydrogen-bond acceptors (Lipinski definition) is 5. The predicted octanol–water partition coefficient (Wildman–Crippen LogP) is 3.44. The van der Waals surface area contributed by atoms with Gasteiger partial charge in [0, 0.05) is 13.2 Å². The van der Waals surface area contributed by atoms with Crippen LogP contribution in [0.2, 0.25) is 0 Å². The third-order valence-corrected chi connectivity index (χ3v) is 4.94. The van der Waals surface area contributed by atoms with E-state index in [1.54, 1.807) is 18.1 Å². The zero-order valence-corrected chi connectivity index (χ0v) is 19.3. The Balaban J connectivity index is 1.36. The first-order chi connectivity index (χ1) is 15.9. The number of nitrogens with zero attached hydrogens (tertiary/aromatic N) is 3. The van der Waals surface area contributed by atoms with Gasteiger partial charge in [0.15, 0.2) is 0 Å². The first kappa shape index (κ1) is 23.8. The highest BCUT2D eigenvalue weighted by Crippen LogP contribution is 2.13. The Morgan fingerprint density at radius 2 is 1.76 bits per heavy atom. The van der Waals surface area contributed by atoms with Crippen LogP contribution in [0.25, 0.3) is 0 Å². The Kier molecular flexibility index (Phi) is 8.46. The maximum absolute atomic E-state index is 12.4. The lowest BCUT2D eigenvalue weighted by Gasteiger charge is -2.17. The lowest BCUT2D eigenvalue weighted by atomic mass is 10.2. The summed E-state index contributed by atoms with van der Waals surface area (Å²) in [6.07, 6.45) is 3.36. The number of carbonyl (C=O) groups is 2. The van der Waals surface area contributed by atoms with E-state index >= 15 is 0 Å². The Morgan fingerprint density at radius 3 is 2.52 bits per heavy atom. The number of rotatable bonds is 11. The molecule has 3 rings (SSSR count). The summed E-state index contributed by atoms with van der Waals surface area (Å²) in [5.41, 5.74) is 2.80. The average Bonchev–Trinajstić information content (AvgIpc) is 3.21. The predicted molar refractivity (Wildman–Crippen MR) is 126 cm³/mol. The number of hydrogen-bond donors (Lipinski definition) is 1. The van der Waals surface area contributed by atoms with Crippen molar-refractivity contribution in [1.29, 1.82) is 0 Å². The van der Waals surface area contributed by atoms with Crippen LogP contribution in [-0.4, -0.2) is 53.3 Å². The van der Waals surface area contributed by atoms with Gasteiger partial charge in [0.25, 0.3) is 0 Å². The molecule has 0 aliphatic carbocycles. The highest BCUT2D eigenvalue weighted by molar-refractivity contribution is 5.90. The second-order valence-electron chi connectivity index (χ2n) is 7.87. The van der Waals surface area contributed by atoms with Crippen molar-refractivity contribution >= 4 is 17.5 Å². The Hall–Kier alpha value is -3.81. The second kappa shape index (κ2) is 11.7. The molecular weight excluding hydrogens is 420 g/mol. The first-order valence-corrected chi connectivity index (χ1v) is 10.8. The van der Waals surface area contributed by atoms with Crippen molar-refractivity contribution in [2.75, 3.05) is 32.1 Å². The summed E-state index contributed by atoms with van der Waals surface area (Å²) >= 11 is 0. The van der Waals surface area contributed by atoms with E-state index in [4.69, 9.17) is 9.47 Å². The molecule has 0 bridgehead atoms. The Bertz CT molecular complexity index is 1060. The van der Waals surface area contributed by atoms with Gasteiger partial charge in [-0.25, -0.2) is 0 Å². The van der Waals surface area contributed by atoms with Crippen molar-refractivity contribution in [3.8, 4) is 11.5 Å². The summed E-state index contributed by atoms with van der Waals surface area (Å²) in [4.78, 5) is 26.2. The van der Waals surface area contributed by atoms with Crippen LogP contribution in [0.3, 0.4) is 0 Å². The third kappa shape index (κ3) is 7.99. The molecule has 174 valence electrons. The lowest BCUT2D eigenvalue weighted by molar-refractivity contribution is -0.131. The van der Waals surface area contributed by atoms with Gasteiger partial charge in [-0.15, -0.1) is 0 Å². The zero-order chi connectivity index (χ0) is 23.6. The standard InChI is InChI=1S/C25H30N4O4/c1-19-7-9-22(10-8-19)33-14-12-28(3)25(31)18-29-17-21(16-26-29)27-24(30)11-13-32-23-6-4-5-20(2)15-23/h4-10,15-17H,11-14,18H2,1-3H3,(H,27,30). The molecule has 33 heavy (non-hydrogen) atoms. The minimum absolute atomic E-state index is 0.0768. The van der Waals surface area contributed by atoms with Crippen LogP contribution in [0.15, 0.2) is 60.9 Å². The van der Waals surface area contributed by atoms with E-state index in [9.17, 15) is 9.59 Å². The minimum Gasteiger partial charge on any atom is -0.493 e. The first-order valence-electron chi connectivity index (χ1n) is 10.8. The average molecular weight is 451 g/mol. The van der Waals surface area contributed by atoms with E-state index in [1.807, 2.05) is 62.4 Å². The van der Waals surface area contributed by atoms with E-state index in [2.05, 4.69) is 10.4 Å². The van der Waals surface area contributed by atoms with Crippen molar-refractivity contribution in [2.45, 2.75) is 26.8 Å². The van der Waals surface area contributed by atoms with Gasteiger partial charge in [-0.2, -0.15) is 5.10 Å². The number of likely N-dealkylation sites (N-methyl/N-ethyl adjacent to an activating group) is 1. The van der Waals surface area contributed by atoms with Gasteiger partial charge >= 0.3 is 0 Å². The molecule has 2 amide bonds. The SMILES string of the molecule is Cc1ccc(OCCN(C)C(=O)Cn2cc(NC(=O)CCOc3cccc(C)c3)cn2)cc1. The molecule has 0 aliphatic heterocycles. The fourth-order valence-electron chi connectivity index (χ4n) is 3.02. The topological polar surface area (TPSA) is 85.7 Å². The molecule has 3 aromatic rings. The maximum atomic E-state index is 12.4. The molecular formula is C25H30N4O4. The van der Waals surface area contributed by atoms with Gasteiger partial charge in [-0.1, -0.05) is 29.8 Å². The fraction of sp³-hybridized carbons (Fsp3) is 0.320. The smallest absolute Gasteiger partial charge is 0.244 e. The normalized spacial score (nSPS) is 10.5. The molecule has 1 aromatic heterocycles. The summed E-state index contributed by atoms with van der Waals surface area (Å²) in [5, 5.41) is 6.93. The second-order valence-corrected chi connectivity index (χ2v) is 7.87. The quantitative estimate of drug-likeness (QED) is 0.484. The highest BCUT2D eigenvalue weighted by Gasteiger charge is 2.12. The van der Waals surface area contributed by atoms with Crippen LogP contribution in [0, 0.1) is 13.8 Å². The zero-order valence-electron chi connectivity index (χ0n) is 19.3. The number of benzene rings is 2. The van der Waals surface area contributed by atoms with Crippen molar-refractivity contribution < 1.29 is 19.1 Å². The van der Waals surface area contributed by atoms with Gasteiger partial charge in [-0.3, -0.25) is 14.3 Å². The molecule has 8 nitrogen and oxygen atoms in total. The molecule has 0 aliphatic rings. The largest absolute Gasteiger partial charge is 0.493 e. The van der Waals surface area contributed by atoms with Crippen LogP contribution in [0.5, 0.6) is 11.5 Å².